The van der Waals surface area contributed by atoms with Gasteiger partial charge < -0.3 is 9.30 Å². The Labute approximate surface area is 119 Å². The summed E-state index contributed by atoms with van der Waals surface area (Å²) in [6.45, 7) is 7.00. The van der Waals surface area contributed by atoms with Crippen LogP contribution in [0.4, 0.5) is 0 Å². The van der Waals surface area contributed by atoms with Gasteiger partial charge in [-0.15, -0.1) is 0 Å². The smallest absolute Gasteiger partial charge is 0.333 e. The van der Waals surface area contributed by atoms with Crippen LogP contribution in [0.5, 0.6) is 0 Å². The highest BCUT2D eigenvalue weighted by atomic mass is 16.5. The molecule has 106 valence electrons. The molecule has 0 aliphatic carbocycles. The van der Waals surface area contributed by atoms with E-state index in [0.717, 1.165) is 24.9 Å². The first-order valence-corrected chi connectivity index (χ1v) is 7.00. The van der Waals surface area contributed by atoms with Crippen molar-refractivity contribution in [3.63, 3.8) is 0 Å². The molecule has 0 atom stereocenters. The zero-order valence-electron chi connectivity index (χ0n) is 12.2. The number of aryl methyl sites for hydroxylation is 1. The summed E-state index contributed by atoms with van der Waals surface area (Å²) in [5.74, 6) is -0.338. The molecule has 0 saturated heterocycles. The third kappa shape index (κ3) is 2.93. The predicted molar refractivity (Wildman–Crippen MR) is 81.7 cm³/mol. The van der Waals surface area contributed by atoms with Gasteiger partial charge in [0.2, 0.25) is 0 Å². The number of hydrogen-bond acceptors (Lipinski definition) is 2. The Hall–Kier alpha value is -2.03. The standard InChI is InChI=1S/C17H21NO2/c1-4-5-10-18-12-14(11-13(2)17(19)20-3)15-8-6-7-9-16(15)18/h6-9,12H,2,4-5,10-11H2,1,3H3. The lowest BCUT2D eigenvalue weighted by molar-refractivity contribution is -0.136. The number of benzene rings is 1. The molecule has 1 aromatic heterocycles. The summed E-state index contributed by atoms with van der Waals surface area (Å²) in [6, 6.07) is 8.29. The van der Waals surface area contributed by atoms with E-state index in [4.69, 9.17) is 4.74 Å². The van der Waals surface area contributed by atoms with Crippen LogP contribution in [-0.4, -0.2) is 17.6 Å². The predicted octanol–water partition coefficient (Wildman–Crippen LogP) is 3.71. The van der Waals surface area contributed by atoms with Crippen molar-refractivity contribution in [2.24, 2.45) is 0 Å². The first-order chi connectivity index (χ1) is 9.67. The summed E-state index contributed by atoms with van der Waals surface area (Å²) < 4.78 is 6.99. The van der Waals surface area contributed by atoms with E-state index in [1.807, 2.05) is 12.1 Å². The fourth-order valence-corrected chi connectivity index (χ4v) is 2.42. The lowest BCUT2D eigenvalue weighted by Crippen LogP contribution is -2.05. The Balaban J connectivity index is 2.33. The molecule has 0 saturated carbocycles. The second-order valence-electron chi connectivity index (χ2n) is 4.99. The summed E-state index contributed by atoms with van der Waals surface area (Å²) in [4.78, 5) is 11.5. The molecule has 0 fully saturated rings. The number of methoxy groups -OCH3 is 1. The molecule has 2 rings (SSSR count). The number of fused-ring (bicyclic) bond motifs is 1. The van der Waals surface area contributed by atoms with E-state index < -0.39 is 0 Å². The van der Waals surface area contributed by atoms with Gasteiger partial charge in [-0.25, -0.2) is 4.79 Å². The minimum atomic E-state index is -0.338. The van der Waals surface area contributed by atoms with E-state index in [1.165, 1.54) is 18.0 Å². The quantitative estimate of drug-likeness (QED) is 0.592. The van der Waals surface area contributed by atoms with Crippen LogP contribution < -0.4 is 0 Å². The molecule has 20 heavy (non-hydrogen) atoms. The molecule has 0 aliphatic heterocycles. The van der Waals surface area contributed by atoms with Crippen LogP contribution in [0.1, 0.15) is 25.3 Å². The van der Waals surface area contributed by atoms with Crippen LogP contribution in [0.15, 0.2) is 42.6 Å². The average Bonchev–Trinajstić information content (AvgIpc) is 2.82. The Bertz CT molecular complexity index is 625. The highest BCUT2D eigenvalue weighted by Crippen LogP contribution is 2.24. The number of carbonyl (C=O) groups excluding carboxylic acids is 1. The van der Waals surface area contributed by atoms with Gasteiger partial charge in [0.25, 0.3) is 0 Å². The van der Waals surface area contributed by atoms with E-state index in [1.54, 1.807) is 0 Å². The number of esters is 1. The van der Waals surface area contributed by atoms with Gasteiger partial charge in [-0.1, -0.05) is 38.1 Å². The zero-order valence-corrected chi connectivity index (χ0v) is 12.2. The van der Waals surface area contributed by atoms with E-state index in [-0.39, 0.29) is 5.97 Å². The summed E-state index contributed by atoms with van der Waals surface area (Å²) in [5.41, 5.74) is 2.84. The minimum Gasteiger partial charge on any atom is -0.466 e. The first-order valence-electron chi connectivity index (χ1n) is 7.00. The normalized spacial score (nSPS) is 10.7. The Morgan fingerprint density at radius 3 is 2.80 bits per heavy atom. The van der Waals surface area contributed by atoms with Gasteiger partial charge in [0.05, 0.1) is 7.11 Å². The van der Waals surface area contributed by atoms with Crippen molar-refractivity contribution < 1.29 is 9.53 Å². The zero-order chi connectivity index (χ0) is 14.5. The second kappa shape index (κ2) is 6.42. The molecule has 2 aromatic rings. The van der Waals surface area contributed by atoms with Gasteiger partial charge in [0.15, 0.2) is 0 Å². The van der Waals surface area contributed by atoms with E-state index >= 15 is 0 Å². The Kier molecular flexibility index (Phi) is 4.61. The maximum atomic E-state index is 11.5. The summed E-state index contributed by atoms with van der Waals surface area (Å²) in [5, 5.41) is 1.19. The number of ether oxygens (including phenoxy) is 1. The molecule has 1 heterocycles. The topological polar surface area (TPSA) is 31.2 Å². The first kappa shape index (κ1) is 14.4. The molecular weight excluding hydrogens is 250 g/mol. The molecule has 0 N–H and O–H groups in total. The van der Waals surface area contributed by atoms with Gasteiger partial charge in [-0.3, -0.25) is 0 Å². The van der Waals surface area contributed by atoms with Gasteiger partial charge in [-0.2, -0.15) is 0 Å². The molecule has 0 unspecified atom stereocenters. The van der Waals surface area contributed by atoms with Crippen molar-refractivity contribution in [2.75, 3.05) is 7.11 Å². The van der Waals surface area contributed by atoms with Crippen molar-refractivity contribution in [1.82, 2.24) is 4.57 Å². The van der Waals surface area contributed by atoms with Crippen LogP contribution in [0, 0.1) is 0 Å². The molecule has 1 aromatic carbocycles. The molecule has 0 radical (unpaired) electrons. The van der Waals surface area contributed by atoms with Crippen LogP contribution in [0.25, 0.3) is 10.9 Å². The fraction of sp³-hybridized carbons (Fsp3) is 0.353. The maximum Gasteiger partial charge on any atom is 0.333 e. The van der Waals surface area contributed by atoms with Gasteiger partial charge in [0, 0.05) is 35.6 Å². The van der Waals surface area contributed by atoms with E-state index in [2.05, 4.69) is 36.4 Å². The monoisotopic (exact) mass is 271 g/mol. The number of rotatable bonds is 6. The molecule has 0 bridgehead atoms. The third-order valence-electron chi connectivity index (χ3n) is 3.50. The molecule has 3 nitrogen and oxygen atoms in total. The molecule has 0 aliphatic rings. The second-order valence-corrected chi connectivity index (χ2v) is 4.99. The SMILES string of the molecule is C=C(Cc1cn(CCCC)c2ccccc12)C(=O)OC. The Morgan fingerprint density at radius 1 is 1.35 bits per heavy atom. The van der Waals surface area contributed by atoms with Gasteiger partial charge in [-0.05, 0) is 18.1 Å². The number of para-hydroxylation sites is 1. The molecule has 3 heteroatoms. The highest BCUT2D eigenvalue weighted by Gasteiger charge is 2.13. The number of aromatic nitrogens is 1. The number of nitrogens with zero attached hydrogens (tertiary/aromatic N) is 1. The fourth-order valence-electron chi connectivity index (χ4n) is 2.42. The lowest BCUT2D eigenvalue weighted by atomic mass is 10.1. The van der Waals surface area contributed by atoms with E-state index in [9.17, 15) is 4.79 Å². The van der Waals surface area contributed by atoms with Crippen LogP contribution in [0.3, 0.4) is 0 Å². The average molecular weight is 271 g/mol. The van der Waals surface area contributed by atoms with Gasteiger partial charge in [0.1, 0.15) is 0 Å². The largest absolute Gasteiger partial charge is 0.466 e. The van der Waals surface area contributed by atoms with Crippen LogP contribution >= 0.6 is 0 Å². The van der Waals surface area contributed by atoms with Crippen molar-refractivity contribution in [3.8, 4) is 0 Å². The Morgan fingerprint density at radius 2 is 2.10 bits per heavy atom. The van der Waals surface area contributed by atoms with Crippen molar-refractivity contribution in [3.05, 3.63) is 48.2 Å². The van der Waals surface area contributed by atoms with Gasteiger partial charge >= 0.3 is 5.97 Å². The molecular formula is C17H21NO2. The van der Waals surface area contributed by atoms with Crippen LogP contribution in [-0.2, 0) is 22.5 Å². The highest BCUT2D eigenvalue weighted by molar-refractivity contribution is 5.90. The van der Waals surface area contributed by atoms with Crippen molar-refractivity contribution in [1.29, 1.82) is 0 Å². The minimum absolute atomic E-state index is 0.338. The maximum absolute atomic E-state index is 11.5. The number of hydrogen-bond donors (Lipinski definition) is 0. The van der Waals surface area contributed by atoms with Crippen molar-refractivity contribution >= 4 is 16.9 Å². The summed E-state index contributed by atoms with van der Waals surface area (Å²) >= 11 is 0. The number of carbonyl (C=O) groups is 1. The lowest BCUT2D eigenvalue weighted by Gasteiger charge is -2.03. The molecule has 0 amide bonds. The summed E-state index contributed by atoms with van der Waals surface area (Å²) in [7, 11) is 1.39. The number of unbranched alkanes of at least 4 members (excludes halogenated alkanes) is 1. The van der Waals surface area contributed by atoms with E-state index in [0.29, 0.717) is 12.0 Å². The van der Waals surface area contributed by atoms with Crippen LogP contribution in [0.2, 0.25) is 0 Å². The molecule has 0 spiro atoms. The third-order valence-corrected chi connectivity index (χ3v) is 3.50. The summed E-state index contributed by atoms with van der Waals surface area (Å²) in [6.07, 6.45) is 4.98. The van der Waals surface area contributed by atoms with Crippen molar-refractivity contribution in [2.45, 2.75) is 32.7 Å².